The molecule has 5 rings (SSSR count). The van der Waals surface area contributed by atoms with E-state index in [2.05, 4.69) is 5.32 Å². The smallest absolute Gasteiger partial charge is 0.241 e. The van der Waals surface area contributed by atoms with E-state index in [9.17, 15) is 9.90 Å². The molecule has 2 unspecified atom stereocenters. The van der Waals surface area contributed by atoms with Crippen molar-refractivity contribution in [1.29, 1.82) is 0 Å². The highest BCUT2D eigenvalue weighted by Crippen LogP contribution is 2.59. The standard InChI is InChI=1S/C24H21NO4/c1-22-16-23(17-10-4-2-5-11-17,18-12-6-3-7-13-18)28-29-24(22,27)19-14-8-9-15-20(19)25-21(22)26/h2-15,27H,16H2,1H3,(H,25,26). The lowest BCUT2D eigenvalue weighted by Gasteiger charge is -2.54. The van der Waals surface area contributed by atoms with Crippen LogP contribution in [0.2, 0.25) is 0 Å². The minimum Gasteiger partial charge on any atom is -0.359 e. The van der Waals surface area contributed by atoms with Gasteiger partial charge in [0.25, 0.3) is 0 Å². The van der Waals surface area contributed by atoms with Crippen molar-refractivity contribution in [3.63, 3.8) is 0 Å². The van der Waals surface area contributed by atoms with E-state index in [0.29, 0.717) is 11.3 Å². The second-order valence-corrected chi connectivity index (χ2v) is 7.88. The molecule has 3 aromatic rings. The number of fused-ring (bicyclic) bond motifs is 3. The molecule has 5 heteroatoms. The summed E-state index contributed by atoms with van der Waals surface area (Å²) in [4.78, 5) is 25.1. The van der Waals surface area contributed by atoms with E-state index in [4.69, 9.17) is 9.78 Å². The molecule has 0 spiro atoms. The van der Waals surface area contributed by atoms with Crippen molar-refractivity contribution < 1.29 is 19.7 Å². The van der Waals surface area contributed by atoms with Gasteiger partial charge in [-0.2, -0.15) is 4.89 Å². The lowest BCUT2D eigenvalue weighted by atomic mass is 9.64. The van der Waals surface area contributed by atoms with Crippen LogP contribution in [0.5, 0.6) is 0 Å². The van der Waals surface area contributed by atoms with E-state index < -0.39 is 16.8 Å². The zero-order chi connectivity index (χ0) is 20.1. The fraction of sp³-hybridized carbons (Fsp3) is 0.208. The zero-order valence-electron chi connectivity index (χ0n) is 16.0. The third-order valence-corrected chi connectivity index (χ3v) is 6.18. The molecule has 0 bridgehead atoms. The van der Waals surface area contributed by atoms with Crippen LogP contribution in [0.3, 0.4) is 0 Å². The second-order valence-electron chi connectivity index (χ2n) is 7.88. The summed E-state index contributed by atoms with van der Waals surface area (Å²) in [7, 11) is 0. The van der Waals surface area contributed by atoms with Gasteiger partial charge in [-0.15, -0.1) is 0 Å². The summed E-state index contributed by atoms with van der Waals surface area (Å²) in [6.45, 7) is 1.72. The first kappa shape index (κ1) is 18.1. The third-order valence-electron chi connectivity index (χ3n) is 6.18. The quantitative estimate of drug-likeness (QED) is 0.650. The normalized spacial score (nSPS) is 27.4. The Hall–Kier alpha value is -2.99. The Labute approximate surface area is 168 Å². The van der Waals surface area contributed by atoms with Crippen molar-refractivity contribution in [3.8, 4) is 0 Å². The van der Waals surface area contributed by atoms with Gasteiger partial charge in [-0.3, -0.25) is 4.79 Å². The van der Waals surface area contributed by atoms with Gasteiger partial charge in [0, 0.05) is 17.7 Å². The molecule has 3 aromatic carbocycles. The zero-order valence-corrected chi connectivity index (χ0v) is 16.0. The molecule has 0 aliphatic carbocycles. The molecule has 0 aromatic heterocycles. The number of carbonyl (C=O) groups is 1. The number of anilines is 1. The maximum atomic E-state index is 13.3. The lowest BCUT2D eigenvalue weighted by Crippen LogP contribution is -2.63. The largest absolute Gasteiger partial charge is 0.359 e. The van der Waals surface area contributed by atoms with Gasteiger partial charge in [-0.05, 0) is 24.1 Å². The average molecular weight is 387 g/mol. The molecule has 2 atom stereocenters. The highest BCUT2D eigenvalue weighted by atomic mass is 17.2. The highest BCUT2D eigenvalue weighted by Gasteiger charge is 2.66. The van der Waals surface area contributed by atoms with Crippen molar-refractivity contribution in [2.24, 2.45) is 5.41 Å². The van der Waals surface area contributed by atoms with E-state index in [0.717, 1.165) is 11.1 Å². The molecule has 29 heavy (non-hydrogen) atoms. The predicted molar refractivity (Wildman–Crippen MR) is 108 cm³/mol. The first-order valence-electron chi connectivity index (χ1n) is 9.61. The molecule has 1 amide bonds. The molecular weight excluding hydrogens is 366 g/mol. The molecular formula is C24H21NO4. The van der Waals surface area contributed by atoms with Crippen LogP contribution in [0, 0.1) is 5.41 Å². The van der Waals surface area contributed by atoms with Crippen LogP contribution in [0.1, 0.15) is 30.0 Å². The minimum absolute atomic E-state index is 0.199. The molecule has 0 radical (unpaired) electrons. The number of hydrogen-bond acceptors (Lipinski definition) is 4. The van der Waals surface area contributed by atoms with E-state index in [1.807, 2.05) is 60.7 Å². The number of hydrogen-bond donors (Lipinski definition) is 2. The summed E-state index contributed by atoms with van der Waals surface area (Å²) in [5, 5.41) is 14.5. The predicted octanol–water partition coefficient (Wildman–Crippen LogP) is 4.09. The Morgan fingerprint density at radius 2 is 1.38 bits per heavy atom. The van der Waals surface area contributed by atoms with E-state index >= 15 is 0 Å². The summed E-state index contributed by atoms with van der Waals surface area (Å²) in [5.74, 6) is -2.21. The van der Waals surface area contributed by atoms with Gasteiger partial charge in [0.1, 0.15) is 5.41 Å². The fourth-order valence-corrected chi connectivity index (χ4v) is 4.48. The number of aliphatic hydroxyl groups is 1. The molecule has 5 nitrogen and oxygen atoms in total. The van der Waals surface area contributed by atoms with E-state index in [1.54, 1.807) is 31.2 Å². The van der Waals surface area contributed by atoms with Crippen LogP contribution >= 0.6 is 0 Å². The summed E-state index contributed by atoms with van der Waals surface area (Å²) in [6.07, 6.45) is 0.199. The van der Waals surface area contributed by atoms with Crippen molar-refractivity contribution in [3.05, 3.63) is 102 Å². The van der Waals surface area contributed by atoms with Crippen LogP contribution in [0.15, 0.2) is 84.9 Å². The van der Waals surface area contributed by atoms with Crippen molar-refractivity contribution >= 4 is 11.6 Å². The SMILES string of the molecule is CC12CC(c3ccccc3)(c3ccccc3)OOC1(O)c1ccccc1NC2=O. The fourth-order valence-electron chi connectivity index (χ4n) is 4.48. The number of nitrogens with one attached hydrogen (secondary N) is 1. The van der Waals surface area contributed by atoms with Gasteiger partial charge < -0.3 is 10.4 Å². The molecule has 2 aliphatic rings. The number of para-hydroxylation sites is 1. The van der Waals surface area contributed by atoms with Gasteiger partial charge in [-0.1, -0.05) is 78.9 Å². The van der Waals surface area contributed by atoms with E-state index in [1.165, 1.54) is 0 Å². The third kappa shape index (κ3) is 2.42. The first-order chi connectivity index (χ1) is 14.0. The monoisotopic (exact) mass is 387 g/mol. The average Bonchev–Trinajstić information content (AvgIpc) is 2.77. The van der Waals surface area contributed by atoms with Gasteiger partial charge in [-0.25, -0.2) is 4.89 Å². The topological polar surface area (TPSA) is 67.8 Å². The first-order valence-corrected chi connectivity index (χ1v) is 9.61. The summed E-state index contributed by atoms with van der Waals surface area (Å²) in [5.41, 5.74) is 0.366. The second kappa shape index (κ2) is 6.26. The Bertz CT molecular complexity index is 1030. The highest BCUT2D eigenvalue weighted by molar-refractivity contribution is 5.99. The Morgan fingerprint density at radius 3 is 2.00 bits per heavy atom. The van der Waals surface area contributed by atoms with Gasteiger partial charge in [0.2, 0.25) is 11.7 Å². The molecule has 2 aliphatic heterocycles. The van der Waals surface area contributed by atoms with Crippen molar-refractivity contribution in [2.45, 2.75) is 24.7 Å². The van der Waals surface area contributed by atoms with Gasteiger partial charge >= 0.3 is 0 Å². The number of amides is 1. The number of benzene rings is 3. The Kier molecular flexibility index (Phi) is 3.90. The molecule has 2 heterocycles. The van der Waals surface area contributed by atoms with Gasteiger partial charge in [0.05, 0.1) is 0 Å². The summed E-state index contributed by atoms with van der Waals surface area (Å²) in [6, 6.07) is 26.4. The van der Waals surface area contributed by atoms with Crippen LogP contribution in [-0.2, 0) is 26.0 Å². The Morgan fingerprint density at radius 1 is 0.828 bits per heavy atom. The van der Waals surface area contributed by atoms with Crippen LogP contribution in [0.25, 0.3) is 0 Å². The lowest BCUT2D eigenvalue weighted by molar-refractivity contribution is -0.516. The Balaban J connectivity index is 1.71. The van der Waals surface area contributed by atoms with Crippen molar-refractivity contribution in [1.82, 2.24) is 0 Å². The van der Waals surface area contributed by atoms with Crippen molar-refractivity contribution in [2.75, 3.05) is 5.32 Å². The van der Waals surface area contributed by atoms with Gasteiger partial charge in [0.15, 0.2) is 5.60 Å². The molecule has 1 saturated heterocycles. The number of carbonyl (C=O) groups excluding carboxylic acids is 1. The maximum absolute atomic E-state index is 13.3. The van der Waals surface area contributed by atoms with Crippen LogP contribution < -0.4 is 5.32 Å². The van der Waals surface area contributed by atoms with Crippen LogP contribution in [-0.4, -0.2) is 11.0 Å². The molecule has 146 valence electrons. The molecule has 2 N–H and O–H groups in total. The molecule has 0 saturated carbocycles. The van der Waals surface area contributed by atoms with E-state index in [-0.39, 0.29) is 12.3 Å². The number of rotatable bonds is 2. The van der Waals surface area contributed by atoms with Crippen LogP contribution in [0.4, 0.5) is 5.69 Å². The minimum atomic E-state index is -1.90. The summed E-state index contributed by atoms with van der Waals surface area (Å²) < 4.78 is 0. The summed E-state index contributed by atoms with van der Waals surface area (Å²) >= 11 is 0. The molecule has 1 fully saturated rings. The maximum Gasteiger partial charge on any atom is 0.241 e.